The van der Waals surface area contributed by atoms with Gasteiger partial charge in [-0.25, -0.2) is 0 Å². The van der Waals surface area contributed by atoms with Crippen LogP contribution in [0.15, 0.2) is 0 Å². The first-order valence-electron chi connectivity index (χ1n) is 23.0. The Kier molecular flexibility index (Phi) is 36.9. The second-order valence-corrected chi connectivity index (χ2v) is 27.0. The molecule has 0 aromatic rings. The molecule has 0 saturated carbocycles. The van der Waals surface area contributed by atoms with Gasteiger partial charge in [0.05, 0.1) is 0 Å². The minimum absolute atomic E-state index is 0.217. The molecule has 0 fully saturated rings. The van der Waals surface area contributed by atoms with Gasteiger partial charge in [0.25, 0.3) is 0 Å². The van der Waals surface area contributed by atoms with Crippen molar-refractivity contribution in [2.45, 2.75) is 259 Å². The molecule has 1 unspecified atom stereocenters. The number of carbonyl (C=O) groups is 2. The summed E-state index contributed by atoms with van der Waals surface area (Å²) in [5.74, 6) is -0.142. The zero-order valence-corrected chi connectivity index (χ0v) is 38.3. The van der Waals surface area contributed by atoms with Gasteiger partial charge >= 0.3 is 245 Å². The molecule has 0 aliphatic rings. The van der Waals surface area contributed by atoms with E-state index in [9.17, 15) is 9.59 Å². The van der Waals surface area contributed by atoms with Crippen LogP contribution in [0.5, 0.6) is 0 Å². The predicted molar refractivity (Wildman–Crippen MR) is 226 cm³/mol. The summed E-state index contributed by atoms with van der Waals surface area (Å²) in [5, 5.41) is 0. The third-order valence-corrected chi connectivity index (χ3v) is 16.5. The Hall–Kier alpha value is 0.194. The van der Waals surface area contributed by atoms with Crippen molar-refractivity contribution in [2.75, 3.05) is 6.61 Å². The number of carbonyl (C=O) groups excluding carboxylic acids is 2. The molecule has 0 saturated heterocycles. The molecular formula is C44H89Cl2N2O3Ti. The second-order valence-electron chi connectivity index (χ2n) is 16.2. The summed E-state index contributed by atoms with van der Waals surface area (Å²) in [4.78, 5) is 26.2. The van der Waals surface area contributed by atoms with Gasteiger partial charge in [0.2, 0.25) is 0 Å². The average molecular weight is 813 g/mol. The van der Waals surface area contributed by atoms with Crippen LogP contribution in [0.25, 0.3) is 0 Å². The van der Waals surface area contributed by atoms with Gasteiger partial charge in [-0.1, -0.05) is 90.9 Å². The Balaban J connectivity index is 4.41. The fourth-order valence-electron chi connectivity index (χ4n) is 7.17. The van der Waals surface area contributed by atoms with E-state index < -0.39 is 14.1 Å². The summed E-state index contributed by atoms with van der Waals surface area (Å²) in [6.45, 7) is 9.21. The number of rotatable bonds is 41. The van der Waals surface area contributed by atoms with Crippen molar-refractivity contribution < 1.29 is 27.0 Å². The Labute approximate surface area is 334 Å². The summed E-state index contributed by atoms with van der Waals surface area (Å²) in [6, 6.07) is 0. The van der Waals surface area contributed by atoms with Gasteiger partial charge < -0.3 is 0 Å². The predicted octanol–water partition coefficient (Wildman–Crippen LogP) is 15.7. The quantitative estimate of drug-likeness (QED) is 0.0477. The van der Waals surface area contributed by atoms with Crippen molar-refractivity contribution in [2.24, 2.45) is 5.92 Å². The van der Waals surface area contributed by atoms with Gasteiger partial charge in [-0.3, -0.25) is 0 Å². The molecule has 2 N–H and O–H groups in total. The van der Waals surface area contributed by atoms with Crippen LogP contribution in [-0.4, -0.2) is 18.4 Å². The van der Waals surface area contributed by atoms with Crippen LogP contribution >= 0.6 is 18.6 Å². The molecule has 8 heteroatoms. The topological polar surface area (TPSA) is 67.4 Å². The zero-order chi connectivity index (χ0) is 38.5. The average Bonchev–Trinajstić information content (AvgIpc) is 3.11. The number of amides is 2. The Morgan fingerprint density at radius 3 is 0.981 bits per heavy atom. The zero-order valence-electron chi connectivity index (χ0n) is 35.2. The molecule has 0 aliphatic heterocycles. The molecule has 0 aliphatic carbocycles. The molecule has 0 heterocycles. The molecule has 2 amide bonds. The van der Waals surface area contributed by atoms with Crippen molar-refractivity contribution in [3.8, 4) is 0 Å². The molecule has 0 spiro atoms. The summed E-state index contributed by atoms with van der Waals surface area (Å²) in [7, 11) is 14.1. The first-order valence-corrected chi connectivity index (χ1v) is 29.5. The Morgan fingerprint density at radius 2 is 0.712 bits per heavy atom. The summed E-state index contributed by atoms with van der Waals surface area (Å²) in [5.41, 5.74) is 0. The number of nitrogens with one attached hydrogen (secondary N) is 2. The van der Waals surface area contributed by atoms with Gasteiger partial charge in [0.1, 0.15) is 0 Å². The number of hydrogen-bond donors (Lipinski definition) is 2. The van der Waals surface area contributed by atoms with E-state index in [1.165, 1.54) is 154 Å². The number of halogens is 2. The van der Waals surface area contributed by atoms with Crippen molar-refractivity contribution >= 4 is 30.4 Å². The standard InChI is InChI=1S/2C18H37NO.C8H17O.2ClH.Ti/c2*1-2-3-4-5-6-7-8-9-10-11-12-13-14-15-16-17-18(19)20;1-3-5-6-8(4-2)7-9;;;/h2*2-17H2,1H3,(H2,19,20);8H,3-7H2,1-2H3;2*1H;/q;;-1;;;+5/p-4. The van der Waals surface area contributed by atoms with Crippen molar-refractivity contribution in [3.05, 3.63) is 0 Å². The molecule has 5 nitrogen and oxygen atoms in total. The molecule has 0 aromatic heterocycles. The van der Waals surface area contributed by atoms with Gasteiger partial charge in [-0.15, -0.1) is 0 Å². The summed E-state index contributed by atoms with van der Waals surface area (Å²) in [6.07, 6.45) is 43.3. The third kappa shape index (κ3) is 34.7. The fourth-order valence-corrected chi connectivity index (χ4v) is 12.4. The fraction of sp³-hybridized carbons (Fsp3) is 0.955. The monoisotopic (exact) mass is 812 g/mol. The summed E-state index contributed by atoms with van der Waals surface area (Å²) >= 11 is -5.30. The molecule has 0 rings (SSSR count). The molecule has 311 valence electrons. The van der Waals surface area contributed by atoms with Crippen molar-refractivity contribution in [3.63, 3.8) is 0 Å². The van der Waals surface area contributed by atoms with Crippen LogP contribution in [0.1, 0.15) is 259 Å². The molecule has 0 aromatic carbocycles. The van der Waals surface area contributed by atoms with Crippen molar-refractivity contribution in [1.29, 1.82) is 0 Å². The van der Waals surface area contributed by atoms with E-state index >= 15 is 0 Å². The first-order chi connectivity index (χ1) is 25.2. The van der Waals surface area contributed by atoms with Crippen LogP contribution in [0.2, 0.25) is 0 Å². The van der Waals surface area contributed by atoms with E-state index in [1.54, 1.807) is 0 Å². The maximum atomic E-state index is 13.1. The molecular weight excluding hydrogens is 723 g/mol. The number of unbranched alkanes of at least 4 members (excludes halogenated alkanes) is 29. The van der Waals surface area contributed by atoms with Gasteiger partial charge in [0, 0.05) is 0 Å². The Bertz CT molecular complexity index is 764. The first kappa shape index (κ1) is 52.2. The van der Waals surface area contributed by atoms with E-state index in [-0.39, 0.29) is 11.8 Å². The minimum atomic E-state index is -5.30. The SMILES string of the molecule is CCCCCCCCCCCCCCCCCC(=O)[NH][Ti]([Cl])([Cl])([NH]C(=O)CCCCCCCCCCCCCCCCC)[O]CC(CC)CCCC. The molecule has 0 bridgehead atoms. The number of hydrogen-bond acceptors (Lipinski definition) is 3. The van der Waals surface area contributed by atoms with Gasteiger partial charge in [0.15, 0.2) is 0 Å². The van der Waals surface area contributed by atoms with Crippen LogP contribution in [0.4, 0.5) is 0 Å². The van der Waals surface area contributed by atoms with Crippen LogP contribution in [-0.2, 0) is 27.0 Å². The van der Waals surface area contributed by atoms with Gasteiger partial charge in [-0.05, 0) is 0 Å². The van der Waals surface area contributed by atoms with Crippen LogP contribution < -0.4 is 7.60 Å². The second kappa shape index (κ2) is 36.8. The Morgan fingerprint density at radius 1 is 0.442 bits per heavy atom. The normalized spacial score (nSPS) is 13.2. The molecule has 0 radical (unpaired) electrons. The van der Waals surface area contributed by atoms with E-state index in [0.717, 1.165) is 64.2 Å². The molecule has 52 heavy (non-hydrogen) atoms. The van der Waals surface area contributed by atoms with E-state index in [1.807, 2.05) is 0 Å². The maximum absolute atomic E-state index is 13.1. The summed E-state index contributed by atoms with van der Waals surface area (Å²) < 4.78 is 12.0. The van der Waals surface area contributed by atoms with Crippen molar-refractivity contribution in [1.82, 2.24) is 7.60 Å². The van der Waals surface area contributed by atoms with Gasteiger partial charge in [-0.2, -0.15) is 0 Å². The van der Waals surface area contributed by atoms with Crippen LogP contribution in [0.3, 0.4) is 0 Å². The third-order valence-electron chi connectivity index (χ3n) is 10.8. The van der Waals surface area contributed by atoms with E-state index in [2.05, 4.69) is 35.3 Å². The van der Waals surface area contributed by atoms with E-state index in [0.29, 0.717) is 25.4 Å². The molecule has 1 atom stereocenters. The van der Waals surface area contributed by atoms with Crippen LogP contribution in [0, 0.1) is 5.92 Å². The van der Waals surface area contributed by atoms with E-state index in [4.69, 9.17) is 21.9 Å².